The second-order valence-electron chi connectivity index (χ2n) is 7.38. The molecule has 174 valence electrons. The average molecular weight is 491 g/mol. The topological polar surface area (TPSA) is 84.9 Å². The van der Waals surface area contributed by atoms with Crippen LogP contribution in [0.25, 0.3) is 6.08 Å². The average Bonchev–Trinajstić information content (AvgIpc) is 2.78. The molecule has 0 aliphatic carbocycles. The molecule has 1 saturated heterocycles. The number of carbonyl (C=O) groups is 3. The zero-order chi connectivity index (χ0) is 24.0. The molecule has 0 atom stereocenters. The molecule has 2 aromatic rings. The number of hydrogen-bond acceptors (Lipinski definition) is 5. The lowest BCUT2D eigenvalue weighted by atomic mass is 10.1. The predicted octanol–water partition coefficient (Wildman–Crippen LogP) is 5.63. The van der Waals surface area contributed by atoms with E-state index in [2.05, 4.69) is 12.2 Å². The van der Waals surface area contributed by atoms with Crippen LogP contribution in [-0.4, -0.2) is 31.6 Å². The summed E-state index contributed by atoms with van der Waals surface area (Å²) in [5, 5.41) is 2.91. The smallest absolute Gasteiger partial charge is 0.335 e. The molecular weight excluding hydrogens is 467 g/mol. The van der Waals surface area contributed by atoms with Crippen molar-refractivity contribution in [2.75, 3.05) is 18.6 Å². The van der Waals surface area contributed by atoms with Gasteiger partial charge in [0.2, 0.25) is 0 Å². The first kappa shape index (κ1) is 24.6. The van der Waals surface area contributed by atoms with Gasteiger partial charge in [-0.25, -0.2) is 9.69 Å². The molecular formula is C24H24Cl2N2O5. The third kappa shape index (κ3) is 5.86. The van der Waals surface area contributed by atoms with Gasteiger partial charge in [-0.05, 0) is 54.5 Å². The molecule has 7 nitrogen and oxygen atoms in total. The number of unbranched alkanes of at least 4 members (excludes halogenated alkanes) is 3. The zero-order valence-electron chi connectivity index (χ0n) is 18.3. The van der Waals surface area contributed by atoms with E-state index in [1.165, 1.54) is 25.3 Å². The summed E-state index contributed by atoms with van der Waals surface area (Å²) in [6.45, 7) is 2.63. The van der Waals surface area contributed by atoms with Gasteiger partial charge in [0.05, 0.1) is 24.4 Å². The summed E-state index contributed by atoms with van der Waals surface area (Å²) in [5.41, 5.74) is 0.498. The number of carbonyl (C=O) groups excluding carboxylic acids is 3. The summed E-state index contributed by atoms with van der Waals surface area (Å²) >= 11 is 12.3. The van der Waals surface area contributed by atoms with Crippen molar-refractivity contribution in [1.29, 1.82) is 0 Å². The van der Waals surface area contributed by atoms with Crippen molar-refractivity contribution in [3.8, 4) is 11.5 Å². The van der Waals surface area contributed by atoms with Crippen LogP contribution in [0.15, 0.2) is 42.0 Å². The summed E-state index contributed by atoms with van der Waals surface area (Å²) in [5.74, 6) is -0.798. The van der Waals surface area contributed by atoms with Gasteiger partial charge < -0.3 is 9.47 Å². The Hall–Kier alpha value is -3.03. The molecule has 1 aliphatic rings. The van der Waals surface area contributed by atoms with Gasteiger partial charge in [0, 0.05) is 5.02 Å². The fraction of sp³-hybridized carbons (Fsp3) is 0.292. The molecule has 0 aromatic heterocycles. The van der Waals surface area contributed by atoms with E-state index in [1.807, 2.05) is 0 Å². The van der Waals surface area contributed by atoms with Crippen molar-refractivity contribution in [3.05, 3.63) is 57.6 Å². The van der Waals surface area contributed by atoms with E-state index in [-0.39, 0.29) is 16.3 Å². The number of imide groups is 2. The fourth-order valence-electron chi connectivity index (χ4n) is 3.32. The number of benzene rings is 2. The number of halogens is 2. The SMILES string of the molecule is CCCCCCOc1c(Cl)cc(/C=C2/C(=O)NC(=O)N(c3ccc(Cl)cc3)C2=O)cc1OC. The molecule has 2 aromatic carbocycles. The number of urea groups is 1. The van der Waals surface area contributed by atoms with E-state index in [9.17, 15) is 14.4 Å². The van der Waals surface area contributed by atoms with E-state index in [0.717, 1.165) is 30.6 Å². The molecule has 1 fully saturated rings. The molecule has 4 amide bonds. The highest BCUT2D eigenvalue weighted by atomic mass is 35.5. The van der Waals surface area contributed by atoms with Crippen LogP contribution >= 0.6 is 23.2 Å². The van der Waals surface area contributed by atoms with E-state index in [0.29, 0.717) is 28.7 Å². The highest BCUT2D eigenvalue weighted by molar-refractivity contribution is 6.39. The first-order valence-electron chi connectivity index (χ1n) is 10.5. The zero-order valence-corrected chi connectivity index (χ0v) is 19.8. The Morgan fingerprint density at radius 2 is 1.76 bits per heavy atom. The summed E-state index contributed by atoms with van der Waals surface area (Å²) in [6.07, 6.45) is 5.56. The predicted molar refractivity (Wildman–Crippen MR) is 128 cm³/mol. The Morgan fingerprint density at radius 3 is 2.42 bits per heavy atom. The standard InChI is InChI=1S/C24H24Cl2N2O5/c1-3-4-5-6-11-33-21-19(26)13-15(14-20(21)32-2)12-18-22(29)27-24(31)28(23(18)30)17-9-7-16(25)8-10-17/h7-10,12-14H,3-6,11H2,1-2H3,(H,27,29,31)/b18-12-. The number of barbiturate groups is 1. The molecule has 0 bridgehead atoms. The third-order valence-electron chi connectivity index (χ3n) is 4.99. The van der Waals surface area contributed by atoms with Gasteiger partial charge in [-0.3, -0.25) is 14.9 Å². The largest absolute Gasteiger partial charge is 0.493 e. The summed E-state index contributed by atoms with van der Waals surface area (Å²) in [4.78, 5) is 38.6. The first-order chi connectivity index (χ1) is 15.8. The van der Waals surface area contributed by atoms with Gasteiger partial charge in [-0.15, -0.1) is 0 Å². The number of hydrogen-bond donors (Lipinski definition) is 1. The van der Waals surface area contributed by atoms with Gasteiger partial charge in [0.25, 0.3) is 11.8 Å². The maximum Gasteiger partial charge on any atom is 0.335 e. The Bertz CT molecular complexity index is 1080. The van der Waals surface area contributed by atoms with Crippen molar-refractivity contribution < 1.29 is 23.9 Å². The summed E-state index contributed by atoms with van der Waals surface area (Å²) in [6, 6.07) is 8.46. The Kier molecular flexibility index (Phi) is 8.36. The lowest BCUT2D eigenvalue weighted by Gasteiger charge is -2.26. The lowest BCUT2D eigenvalue weighted by Crippen LogP contribution is -2.54. The summed E-state index contributed by atoms with van der Waals surface area (Å²) in [7, 11) is 1.48. The van der Waals surface area contributed by atoms with E-state index >= 15 is 0 Å². The van der Waals surface area contributed by atoms with Crippen LogP contribution in [0.4, 0.5) is 10.5 Å². The Morgan fingerprint density at radius 1 is 1.03 bits per heavy atom. The van der Waals surface area contributed by atoms with Gasteiger partial charge >= 0.3 is 6.03 Å². The Labute approximate surface area is 202 Å². The van der Waals surface area contributed by atoms with Crippen LogP contribution in [0.2, 0.25) is 10.0 Å². The van der Waals surface area contributed by atoms with Crippen molar-refractivity contribution in [3.63, 3.8) is 0 Å². The van der Waals surface area contributed by atoms with Crippen LogP contribution in [0.1, 0.15) is 38.2 Å². The molecule has 9 heteroatoms. The fourth-order valence-corrected chi connectivity index (χ4v) is 3.71. The highest BCUT2D eigenvalue weighted by Crippen LogP contribution is 2.37. The van der Waals surface area contributed by atoms with E-state index in [4.69, 9.17) is 32.7 Å². The minimum Gasteiger partial charge on any atom is -0.493 e. The number of methoxy groups -OCH3 is 1. The number of rotatable bonds is 9. The second kappa shape index (κ2) is 11.2. The molecule has 0 unspecified atom stereocenters. The van der Waals surface area contributed by atoms with Crippen LogP contribution in [0.3, 0.4) is 0 Å². The molecule has 1 N–H and O–H groups in total. The third-order valence-corrected chi connectivity index (χ3v) is 5.53. The number of nitrogens with zero attached hydrogens (tertiary/aromatic N) is 1. The van der Waals surface area contributed by atoms with Crippen LogP contribution in [0.5, 0.6) is 11.5 Å². The quantitative estimate of drug-likeness (QED) is 0.279. The molecule has 1 heterocycles. The van der Waals surface area contributed by atoms with Crippen molar-refractivity contribution in [2.24, 2.45) is 0 Å². The minimum absolute atomic E-state index is 0.226. The monoisotopic (exact) mass is 490 g/mol. The number of amides is 4. The number of anilines is 1. The van der Waals surface area contributed by atoms with Crippen molar-refractivity contribution in [2.45, 2.75) is 32.6 Å². The van der Waals surface area contributed by atoms with Crippen molar-refractivity contribution >= 4 is 52.8 Å². The van der Waals surface area contributed by atoms with Crippen LogP contribution in [-0.2, 0) is 9.59 Å². The Balaban J connectivity index is 1.88. The molecule has 0 spiro atoms. The lowest BCUT2D eigenvalue weighted by molar-refractivity contribution is -0.122. The van der Waals surface area contributed by atoms with E-state index < -0.39 is 17.8 Å². The van der Waals surface area contributed by atoms with Gasteiger partial charge in [0.1, 0.15) is 5.57 Å². The van der Waals surface area contributed by atoms with Gasteiger partial charge in [-0.1, -0.05) is 49.4 Å². The van der Waals surface area contributed by atoms with Gasteiger partial charge in [-0.2, -0.15) is 0 Å². The van der Waals surface area contributed by atoms with E-state index in [1.54, 1.807) is 24.3 Å². The van der Waals surface area contributed by atoms with Crippen LogP contribution < -0.4 is 19.7 Å². The minimum atomic E-state index is -0.841. The molecule has 0 saturated carbocycles. The van der Waals surface area contributed by atoms with Crippen molar-refractivity contribution in [1.82, 2.24) is 5.32 Å². The normalized spacial score (nSPS) is 15.1. The number of ether oxygens (including phenoxy) is 2. The molecule has 1 aliphatic heterocycles. The summed E-state index contributed by atoms with van der Waals surface area (Å²) < 4.78 is 11.2. The second-order valence-corrected chi connectivity index (χ2v) is 8.22. The molecule has 0 radical (unpaired) electrons. The molecule has 3 rings (SSSR count). The first-order valence-corrected chi connectivity index (χ1v) is 11.3. The van der Waals surface area contributed by atoms with Gasteiger partial charge in [0.15, 0.2) is 11.5 Å². The highest BCUT2D eigenvalue weighted by Gasteiger charge is 2.36. The van der Waals surface area contributed by atoms with Crippen LogP contribution in [0, 0.1) is 0 Å². The maximum absolute atomic E-state index is 13.0. The molecule has 33 heavy (non-hydrogen) atoms. The maximum atomic E-state index is 13.0. The number of nitrogens with one attached hydrogen (secondary N) is 1.